The Morgan fingerprint density at radius 3 is 2.46 bits per heavy atom. The Hall–Kier alpha value is -2.90. The molecule has 0 saturated heterocycles. The highest BCUT2D eigenvalue weighted by atomic mass is 15.4. The van der Waals surface area contributed by atoms with Gasteiger partial charge in [-0.25, -0.2) is 4.99 Å². The number of fused-ring (bicyclic) bond motifs is 1. The first kappa shape index (κ1) is 17.2. The molecule has 5 rings (SSSR count). The van der Waals surface area contributed by atoms with E-state index in [2.05, 4.69) is 48.9 Å². The SMILES string of the molecule is NC1=NC2(CCCCC2)N(c2ccc(-c3nnc4n3CCCC4)cc2)C(N)=N1. The molecule has 1 aromatic carbocycles. The van der Waals surface area contributed by atoms with Crippen LogP contribution in [0.2, 0.25) is 0 Å². The van der Waals surface area contributed by atoms with Crippen LogP contribution in [0, 0.1) is 0 Å². The molecule has 1 aliphatic carbocycles. The first-order chi connectivity index (χ1) is 13.7. The summed E-state index contributed by atoms with van der Waals surface area (Å²) >= 11 is 0. The number of anilines is 1. The lowest BCUT2D eigenvalue weighted by atomic mass is 9.87. The quantitative estimate of drug-likeness (QED) is 0.833. The molecule has 0 unspecified atom stereocenters. The van der Waals surface area contributed by atoms with E-state index in [9.17, 15) is 0 Å². The van der Waals surface area contributed by atoms with E-state index in [1.54, 1.807) is 0 Å². The fraction of sp³-hybridized carbons (Fsp3) is 0.500. The monoisotopic (exact) mass is 378 g/mol. The Morgan fingerprint density at radius 2 is 1.68 bits per heavy atom. The second-order valence-electron chi connectivity index (χ2n) is 7.91. The Kier molecular flexibility index (Phi) is 4.07. The molecule has 8 nitrogen and oxygen atoms in total. The summed E-state index contributed by atoms with van der Waals surface area (Å²) in [4.78, 5) is 11.0. The molecule has 0 bridgehead atoms. The normalized spacial score (nSPS) is 21.2. The maximum Gasteiger partial charge on any atom is 0.220 e. The van der Waals surface area contributed by atoms with Gasteiger partial charge in [-0.05, 0) is 62.8 Å². The Bertz CT molecular complexity index is 934. The minimum absolute atomic E-state index is 0.280. The van der Waals surface area contributed by atoms with Gasteiger partial charge in [0, 0.05) is 24.2 Å². The topological polar surface area (TPSA) is 111 Å². The highest BCUT2D eigenvalue weighted by Crippen LogP contribution is 2.39. The molecule has 0 amide bonds. The van der Waals surface area contributed by atoms with E-state index in [1.807, 2.05) is 0 Å². The Balaban J connectivity index is 1.49. The van der Waals surface area contributed by atoms with Crippen LogP contribution < -0.4 is 16.4 Å². The number of rotatable bonds is 2. The first-order valence-corrected chi connectivity index (χ1v) is 10.2. The average Bonchev–Trinajstić information content (AvgIpc) is 3.13. The van der Waals surface area contributed by atoms with Gasteiger partial charge in [-0.1, -0.05) is 6.42 Å². The lowest BCUT2D eigenvalue weighted by Crippen LogP contribution is -2.58. The molecular formula is C20H26N8. The van der Waals surface area contributed by atoms with Gasteiger partial charge >= 0.3 is 0 Å². The molecule has 4 N–H and O–H groups in total. The van der Waals surface area contributed by atoms with Gasteiger partial charge in [0.15, 0.2) is 5.82 Å². The van der Waals surface area contributed by atoms with Crippen LogP contribution in [0.15, 0.2) is 34.3 Å². The summed E-state index contributed by atoms with van der Waals surface area (Å²) in [6, 6.07) is 8.34. The van der Waals surface area contributed by atoms with Crippen LogP contribution >= 0.6 is 0 Å². The number of aromatic nitrogens is 3. The van der Waals surface area contributed by atoms with Crippen LogP contribution in [0.4, 0.5) is 5.69 Å². The largest absolute Gasteiger partial charge is 0.369 e. The molecule has 3 heterocycles. The van der Waals surface area contributed by atoms with Crippen molar-refractivity contribution < 1.29 is 0 Å². The lowest BCUT2D eigenvalue weighted by Gasteiger charge is -2.45. The number of nitrogens with zero attached hydrogens (tertiary/aromatic N) is 6. The van der Waals surface area contributed by atoms with Crippen molar-refractivity contribution in [2.24, 2.45) is 21.5 Å². The van der Waals surface area contributed by atoms with Crippen molar-refractivity contribution in [2.75, 3.05) is 4.90 Å². The summed E-state index contributed by atoms with van der Waals surface area (Å²) < 4.78 is 2.24. The maximum absolute atomic E-state index is 6.32. The van der Waals surface area contributed by atoms with Crippen LogP contribution in [-0.2, 0) is 13.0 Å². The van der Waals surface area contributed by atoms with Crippen molar-refractivity contribution in [3.05, 3.63) is 30.1 Å². The molecular weight excluding hydrogens is 352 g/mol. The molecule has 1 spiro atoms. The number of aryl methyl sites for hydroxylation is 1. The molecule has 1 saturated carbocycles. The Labute approximate surface area is 164 Å². The summed E-state index contributed by atoms with van der Waals surface area (Å²) in [5, 5.41) is 8.80. The molecule has 2 aromatic rings. The molecule has 28 heavy (non-hydrogen) atoms. The summed E-state index contributed by atoms with van der Waals surface area (Å²) in [6.07, 6.45) is 8.70. The number of aliphatic imine (C=N–C) groups is 2. The van der Waals surface area contributed by atoms with Gasteiger partial charge in [0.25, 0.3) is 0 Å². The summed E-state index contributed by atoms with van der Waals surface area (Å²) in [7, 11) is 0. The van der Waals surface area contributed by atoms with Crippen LogP contribution in [0.3, 0.4) is 0 Å². The van der Waals surface area contributed by atoms with Crippen molar-refractivity contribution >= 4 is 17.6 Å². The summed E-state index contributed by atoms with van der Waals surface area (Å²) in [6.45, 7) is 0.988. The second kappa shape index (κ2) is 6.61. The van der Waals surface area contributed by atoms with E-state index in [1.165, 1.54) is 19.3 Å². The zero-order valence-corrected chi connectivity index (χ0v) is 16.0. The highest BCUT2D eigenvalue weighted by molar-refractivity contribution is 6.05. The third-order valence-corrected chi connectivity index (χ3v) is 6.09. The predicted molar refractivity (Wildman–Crippen MR) is 110 cm³/mol. The zero-order chi connectivity index (χ0) is 19.1. The van der Waals surface area contributed by atoms with Gasteiger partial charge in [0.2, 0.25) is 11.9 Å². The molecule has 146 valence electrons. The predicted octanol–water partition coefficient (Wildman–Crippen LogP) is 2.39. The van der Waals surface area contributed by atoms with E-state index >= 15 is 0 Å². The smallest absolute Gasteiger partial charge is 0.220 e. The third-order valence-electron chi connectivity index (χ3n) is 6.09. The number of hydrogen-bond donors (Lipinski definition) is 2. The van der Waals surface area contributed by atoms with Gasteiger partial charge in [-0.2, -0.15) is 4.99 Å². The van der Waals surface area contributed by atoms with Crippen molar-refractivity contribution in [1.82, 2.24) is 14.8 Å². The molecule has 1 aromatic heterocycles. The number of guanidine groups is 2. The summed E-state index contributed by atoms with van der Waals surface area (Å²) in [5.74, 6) is 2.73. The van der Waals surface area contributed by atoms with Gasteiger partial charge in [0.1, 0.15) is 11.5 Å². The van der Waals surface area contributed by atoms with Crippen LogP contribution in [0.25, 0.3) is 11.4 Å². The molecule has 8 heteroatoms. The summed E-state index contributed by atoms with van der Waals surface area (Å²) in [5.41, 5.74) is 13.9. The van der Waals surface area contributed by atoms with Gasteiger partial charge < -0.3 is 16.0 Å². The minimum atomic E-state index is -0.413. The van der Waals surface area contributed by atoms with Crippen molar-refractivity contribution in [2.45, 2.75) is 63.6 Å². The second-order valence-corrected chi connectivity index (χ2v) is 7.91. The Morgan fingerprint density at radius 1 is 0.893 bits per heavy atom. The lowest BCUT2D eigenvalue weighted by molar-refractivity contribution is 0.305. The fourth-order valence-corrected chi connectivity index (χ4v) is 4.78. The van der Waals surface area contributed by atoms with Gasteiger partial charge in [0.05, 0.1) is 0 Å². The molecule has 1 fully saturated rings. The van der Waals surface area contributed by atoms with E-state index in [0.717, 1.165) is 61.5 Å². The van der Waals surface area contributed by atoms with Gasteiger partial charge in [-0.15, -0.1) is 10.2 Å². The van der Waals surface area contributed by atoms with E-state index < -0.39 is 5.66 Å². The number of benzene rings is 1. The maximum atomic E-state index is 6.32. The standard InChI is InChI=1S/C20H26N8/c21-18-23-19(22)28(20(24-18)11-3-1-4-12-20)15-9-7-14(8-10-15)17-26-25-16-6-2-5-13-27(16)17/h7-10H,1-6,11-13H2,(H4,21,22,23,24). The van der Waals surface area contributed by atoms with Crippen LogP contribution in [-0.4, -0.2) is 32.3 Å². The molecule has 2 aliphatic heterocycles. The highest BCUT2D eigenvalue weighted by Gasteiger charge is 2.42. The van der Waals surface area contributed by atoms with Crippen LogP contribution in [0.5, 0.6) is 0 Å². The van der Waals surface area contributed by atoms with Crippen molar-refractivity contribution in [1.29, 1.82) is 0 Å². The molecule has 0 radical (unpaired) electrons. The van der Waals surface area contributed by atoms with E-state index in [4.69, 9.17) is 16.5 Å². The minimum Gasteiger partial charge on any atom is -0.369 e. The van der Waals surface area contributed by atoms with E-state index in [-0.39, 0.29) is 5.96 Å². The fourth-order valence-electron chi connectivity index (χ4n) is 4.78. The first-order valence-electron chi connectivity index (χ1n) is 10.2. The van der Waals surface area contributed by atoms with Crippen LogP contribution in [0.1, 0.15) is 50.8 Å². The zero-order valence-electron chi connectivity index (χ0n) is 16.0. The molecule has 0 atom stereocenters. The van der Waals surface area contributed by atoms with E-state index in [0.29, 0.717) is 5.96 Å². The number of hydrogen-bond acceptors (Lipinski definition) is 7. The third kappa shape index (κ3) is 2.75. The average molecular weight is 378 g/mol. The van der Waals surface area contributed by atoms with Gasteiger partial charge in [-0.3, -0.25) is 4.90 Å². The molecule has 3 aliphatic rings. The number of nitrogens with two attached hydrogens (primary N) is 2. The van der Waals surface area contributed by atoms with Crippen molar-refractivity contribution in [3.8, 4) is 11.4 Å². The van der Waals surface area contributed by atoms with Crippen molar-refractivity contribution in [3.63, 3.8) is 0 Å².